The third-order valence-corrected chi connectivity index (χ3v) is 3.08. The van der Waals surface area contributed by atoms with Crippen LogP contribution in [0.3, 0.4) is 0 Å². The Morgan fingerprint density at radius 2 is 1.91 bits per heavy atom. The number of amides is 1. The zero-order valence-corrected chi connectivity index (χ0v) is 11.8. The van der Waals surface area contributed by atoms with Crippen molar-refractivity contribution >= 4 is 11.7 Å². The van der Waals surface area contributed by atoms with Crippen LogP contribution < -0.4 is 5.32 Å². The van der Waals surface area contributed by atoms with Crippen molar-refractivity contribution in [3.8, 4) is 11.5 Å². The minimum Gasteiger partial charge on any atom is -0.461 e. The number of Topliss-reactive ketones (excluding diaryl/α,β-unsaturated/α-hetero) is 1. The van der Waals surface area contributed by atoms with E-state index in [0.717, 1.165) is 0 Å². The first-order chi connectivity index (χ1) is 11.1. The summed E-state index contributed by atoms with van der Waals surface area (Å²) in [7, 11) is 0. The van der Waals surface area contributed by atoms with Crippen molar-refractivity contribution in [1.29, 1.82) is 0 Å². The first kappa shape index (κ1) is 14.7. The predicted octanol–water partition coefficient (Wildman–Crippen LogP) is 2.69. The molecule has 1 amide bonds. The summed E-state index contributed by atoms with van der Waals surface area (Å²) in [5.74, 6) is -0.572. The maximum atomic E-state index is 12.8. The Kier molecular flexibility index (Phi) is 4.01. The lowest BCUT2D eigenvalue weighted by atomic mass is 10.1. The number of benzene rings is 1. The molecule has 116 valence electrons. The summed E-state index contributed by atoms with van der Waals surface area (Å²) in [5.41, 5.74) is 0.339. The van der Waals surface area contributed by atoms with Crippen molar-refractivity contribution in [3.05, 3.63) is 65.8 Å². The lowest BCUT2D eigenvalue weighted by molar-refractivity contribution is 0.0898. The fourth-order valence-electron chi connectivity index (χ4n) is 1.91. The highest BCUT2D eigenvalue weighted by Crippen LogP contribution is 2.20. The molecule has 7 heteroatoms. The van der Waals surface area contributed by atoms with Gasteiger partial charge in [-0.3, -0.25) is 9.59 Å². The highest BCUT2D eigenvalue weighted by Gasteiger charge is 2.16. The molecule has 6 nitrogen and oxygen atoms in total. The number of rotatable bonds is 5. The monoisotopic (exact) mass is 314 g/mol. The molecule has 0 atom stereocenters. The van der Waals surface area contributed by atoms with Gasteiger partial charge in [-0.1, -0.05) is 5.16 Å². The molecule has 3 aromatic rings. The maximum absolute atomic E-state index is 12.8. The molecule has 2 heterocycles. The second-order valence-electron chi connectivity index (χ2n) is 4.67. The van der Waals surface area contributed by atoms with Crippen LogP contribution in [0.2, 0.25) is 0 Å². The van der Waals surface area contributed by atoms with Crippen LogP contribution in [-0.4, -0.2) is 23.4 Å². The SMILES string of the molecule is O=C(CNC(=O)c1cc(-c2ccco2)on1)c1ccc(F)cc1. The lowest BCUT2D eigenvalue weighted by Gasteiger charge is -2.02. The third kappa shape index (κ3) is 3.34. The molecule has 3 rings (SSSR count). The molecular formula is C16H11FN2O4. The van der Waals surface area contributed by atoms with Crippen LogP contribution in [0.4, 0.5) is 4.39 Å². The number of halogens is 1. The predicted molar refractivity (Wildman–Crippen MR) is 77.3 cm³/mol. The van der Waals surface area contributed by atoms with Gasteiger partial charge in [-0.25, -0.2) is 4.39 Å². The largest absolute Gasteiger partial charge is 0.461 e. The molecule has 23 heavy (non-hydrogen) atoms. The van der Waals surface area contributed by atoms with Crippen molar-refractivity contribution in [2.45, 2.75) is 0 Å². The second-order valence-corrected chi connectivity index (χ2v) is 4.67. The van der Waals surface area contributed by atoms with E-state index in [0.29, 0.717) is 17.1 Å². The number of nitrogens with one attached hydrogen (secondary N) is 1. The van der Waals surface area contributed by atoms with E-state index in [2.05, 4.69) is 10.5 Å². The van der Waals surface area contributed by atoms with Crippen LogP contribution >= 0.6 is 0 Å². The second kappa shape index (κ2) is 6.27. The molecule has 0 unspecified atom stereocenters. The van der Waals surface area contributed by atoms with Gasteiger partial charge in [0.15, 0.2) is 17.2 Å². The molecule has 2 aromatic heterocycles. The molecule has 0 saturated carbocycles. The molecule has 1 N–H and O–H groups in total. The Morgan fingerprint density at radius 3 is 2.61 bits per heavy atom. The average molecular weight is 314 g/mol. The van der Waals surface area contributed by atoms with Crippen LogP contribution in [-0.2, 0) is 0 Å². The Morgan fingerprint density at radius 1 is 1.13 bits per heavy atom. The van der Waals surface area contributed by atoms with E-state index < -0.39 is 11.7 Å². The molecule has 0 bridgehead atoms. The Balaban J connectivity index is 1.61. The number of hydrogen-bond acceptors (Lipinski definition) is 5. The van der Waals surface area contributed by atoms with Gasteiger partial charge in [0.05, 0.1) is 12.8 Å². The average Bonchev–Trinajstić information content (AvgIpc) is 3.23. The molecule has 0 saturated heterocycles. The van der Waals surface area contributed by atoms with E-state index in [1.807, 2.05) is 0 Å². The summed E-state index contributed by atoms with van der Waals surface area (Å²) < 4.78 is 22.9. The van der Waals surface area contributed by atoms with Gasteiger partial charge in [0.2, 0.25) is 5.76 Å². The molecule has 0 radical (unpaired) electrons. The van der Waals surface area contributed by atoms with Gasteiger partial charge in [0, 0.05) is 11.6 Å². The molecule has 0 aliphatic rings. The topological polar surface area (TPSA) is 85.3 Å². The minimum absolute atomic E-state index is 0.0308. The molecular weight excluding hydrogens is 303 g/mol. The smallest absolute Gasteiger partial charge is 0.273 e. The summed E-state index contributed by atoms with van der Waals surface area (Å²) in [6, 6.07) is 9.84. The number of hydrogen-bond donors (Lipinski definition) is 1. The fraction of sp³-hybridized carbons (Fsp3) is 0.0625. The maximum Gasteiger partial charge on any atom is 0.273 e. The van der Waals surface area contributed by atoms with Crippen molar-refractivity contribution in [3.63, 3.8) is 0 Å². The molecule has 1 aromatic carbocycles. The van der Waals surface area contributed by atoms with Crippen molar-refractivity contribution in [1.82, 2.24) is 10.5 Å². The van der Waals surface area contributed by atoms with Crippen LogP contribution in [0, 0.1) is 5.82 Å². The van der Waals surface area contributed by atoms with Gasteiger partial charge in [-0.05, 0) is 36.4 Å². The molecule has 0 spiro atoms. The Labute approximate surface area is 129 Å². The standard InChI is InChI=1S/C16H11FN2O4/c17-11-5-3-10(4-6-11)13(20)9-18-16(21)12-8-15(23-19-12)14-2-1-7-22-14/h1-8H,9H2,(H,18,21). The molecule has 0 aliphatic heterocycles. The van der Waals surface area contributed by atoms with Gasteiger partial charge in [-0.2, -0.15) is 0 Å². The zero-order valence-electron chi connectivity index (χ0n) is 11.8. The van der Waals surface area contributed by atoms with Crippen LogP contribution in [0.15, 0.2) is 57.7 Å². The van der Waals surface area contributed by atoms with Crippen LogP contribution in [0.1, 0.15) is 20.8 Å². The van der Waals surface area contributed by atoms with Gasteiger partial charge >= 0.3 is 0 Å². The van der Waals surface area contributed by atoms with E-state index in [-0.39, 0.29) is 18.0 Å². The first-order valence-electron chi connectivity index (χ1n) is 6.71. The number of aromatic nitrogens is 1. The van der Waals surface area contributed by atoms with E-state index >= 15 is 0 Å². The summed E-state index contributed by atoms with van der Waals surface area (Å²) in [6.07, 6.45) is 1.47. The zero-order chi connectivity index (χ0) is 16.2. The Bertz CT molecular complexity index is 822. The third-order valence-electron chi connectivity index (χ3n) is 3.08. The molecule has 0 fully saturated rings. The quantitative estimate of drug-likeness (QED) is 0.732. The number of ketones is 1. The minimum atomic E-state index is -0.554. The van der Waals surface area contributed by atoms with Crippen molar-refractivity contribution in [2.75, 3.05) is 6.54 Å². The van der Waals surface area contributed by atoms with Crippen LogP contribution in [0.5, 0.6) is 0 Å². The summed E-state index contributed by atoms with van der Waals surface area (Å²) in [6.45, 7) is -0.229. The number of carbonyl (C=O) groups excluding carboxylic acids is 2. The van der Waals surface area contributed by atoms with E-state index in [1.165, 1.54) is 36.6 Å². The molecule has 0 aliphatic carbocycles. The first-order valence-corrected chi connectivity index (χ1v) is 6.71. The normalized spacial score (nSPS) is 10.5. The summed E-state index contributed by atoms with van der Waals surface area (Å²) in [4.78, 5) is 23.8. The summed E-state index contributed by atoms with van der Waals surface area (Å²) >= 11 is 0. The van der Waals surface area contributed by atoms with Crippen molar-refractivity contribution in [2.24, 2.45) is 0 Å². The lowest BCUT2D eigenvalue weighted by Crippen LogP contribution is -2.29. The van der Waals surface area contributed by atoms with Gasteiger partial charge in [-0.15, -0.1) is 0 Å². The van der Waals surface area contributed by atoms with Gasteiger partial charge < -0.3 is 14.3 Å². The van der Waals surface area contributed by atoms with Crippen molar-refractivity contribution < 1.29 is 22.9 Å². The Hall–Kier alpha value is -3.22. The van der Waals surface area contributed by atoms with Crippen LogP contribution in [0.25, 0.3) is 11.5 Å². The number of carbonyl (C=O) groups is 2. The van der Waals surface area contributed by atoms with E-state index in [9.17, 15) is 14.0 Å². The fourth-order valence-corrected chi connectivity index (χ4v) is 1.91. The number of furan rings is 1. The number of nitrogens with zero attached hydrogens (tertiary/aromatic N) is 1. The van der Waals surface area contributed by atoms with Gasteiger partial charge in [0.1, 0.15) is 5.82 Å². The van der Waals surface area contributed by atoms with E-state index in [1.54, 1.807) is 12.1 Å². The van der Waals surface area contributed by atoms with E-state index in [4.69, 9.17) is 8.94 Å². The van der Waals surface area contributed by atoms with Gasteiger partial charge in [0.25, 0.3) is 5.91 Å². The summed E-state index contributed by atoms with van der Waals surface area (Å²) in [5, 5.41) is 6.06. The highest BCUT2D eigenvalue weighted by atomic mass is 19.1. The highest BCUT2D eigenvalue weighted by molar-refractivity contribution is 6.01.